The lowest BCUT2D eigenvalue weighted by Crippen LogP contribution is -2.40. The quantitative estimate of drug-likeness (QED) is 0.325. The van der Waals surface area contributed by atoms with E-state index in [1.165, 1.54) is 112 Å². The van der Waals surface area contributed by atoms with Crippen LogP contribution in [0.2, 0.25) is 0 Å². The summed E-state index contributed by atoms with van der Waals surface area (Å²) in [5.41, 5.74) is 9.45. The second-order valence-electron chi connectivity index (χ2n) is 13.0. The van der Waals surface area contributed by atoms with Crippen LogP contribution < -0.4 is 9.13 Å². The lowest BCUT2D eigenvalue weighted by molar-refractivity contribution is -0.685. The Labute approximate surface area is 224 Å². The third-order valence-electron chi connectivity index (χ3n) is 10.9. The van der Waals surface area contributed by atoms with Crippen molar-refractivity contribution in [1.29, 1.82) is 0 Å². The van der Waals surface area contributed by atoms with Crippen LogP contribution in [0.4, 0.5) is 0 Å². The number of hydrogen-bond donors (Lipinski definition) is 0. The summed E-state index contributed by atoms with van der Waals surface area (Å²) in [5, 5.41) is 0. The van der Waals surface area contributed by atoms with Crippen molar-refractivity contribution in [3.8, 4) is 22.6 Å². The summed E-state index contributed by atoms with van der Waals surface area (Å²) in [5.74, 6) is 0.709. The minimum Gasteiger partial charge on any atom is -0.196 e. The van der Waals surface area contributed by atoms with E-state index in [4.69, 9.17) is 0 Å². The first kappa shape index (κ1) is 24.8. The molecule has 0 aliphatic heterocycles. The molecule has 2 heterocycles. The van der Waals surface area contributed by atoms with Crippen LogP contribution in [0.5, 0.6) is 0 Å². The highest BCUT2D eigenvalue weighted by molar-refractivity contribution is 5.62. The Morgan fingerprint density at radius 3 is 2.00 bits per heavy atom. The number of hydrogen-bond acceptors (Lipinski definition) is 0. The fourth-order valence-electron chi connectivity index (χ4n) is 8.24. The molecule has 0 amide bonds. The molecule has 3 aromatic rings. The molecule has 6 rings (SSSR count). The van der Waals surface area contributed by atoms with Crippen LogP contribution in [0.3, 0.4) is 0 Å². The predicted molar refractivity (Wildman–Crippen MR) is 152 cm³/mol. The summed E-state index contributed by atoms with van der Waals surface area (Å²) in [6, 6.07) is 20.4. The molecule has 0 radical (unpaired) electrons. The van der Waals surface area contributed by atoms with Gasteiger partial charge in [0.2, 0.25) is 5.69 Å². The van der Waals surface area contributed by atoms with E-state index < -0.39 is 0 Å². The largest absolute Gasteiger partial charge is 0.277 e. The van der Waals surface area contributed by atoms with Crippen molar-refractivity contribution >= 4 is 0 Å². The number of aromatic nitrogens is 2. The fourth-order valence-corrected chi connectivity index (χ4v) is 8.24. The Hall–Kier alpha value is -2.48. The maximum absolute atomic E-state index is 2.50. The van der Waals surface area contributed by atoms with E-state index in [1.54, 1.807) is 5.56 Å². The van der Waals surface area contributed by atoms with Gasteiger partial charge in [-0.15, -0.1) is 0 Å². The Morgan fingerprint density at radius 1 is 0.649 bits per heavy atom. The van der Waals surface area contributed by atoms with Gasteiger partial charge in [0.1, 0.15) is 14.1 Å². The van der Waals surface area contributed by atoms with Crippen molar-refractivity contribution in [3.05, 3.63) is 71.9 Å². The van der Waals surface area contributed by atoms with Crippen LogP contribution in [0, 0.1) is 17.8 Å². The molecule has 194 valence electrons. The number of aryl methyl sites for hydroxylation is 2. The summed E-state index contributed by atoms with van der Waals surface area (Å²) >= 11 is 0. The average Bonchev–Trinajstić information content (AvgIpc) is 2.93. The van der Waals surface area contributed by atoms with Crippen molar-refractivity contribution in [2.45, 2.75) is 96.3 Å². The van der Waals surface area contributed by atoms with Crippen molar-refractivity contribution < 1.29 is 9.13 Å². The molecule has 0 unspecified atom stereocenters. The first-order valence-electron chi connectivity index (χ1n) is 15.0. The lowest BCUT2D eigenvalue weighted by Gasteiger charge is -2.51. The summed E-state index contributed by atoms with van der Waals surface area (Å²) in [7, 11) is 4.41. The molecule has 2 spiro atoms. The summed E-state index contributed by atoms with van der Waals surface area (Å²) in [6.07, 6.45) is 21.5. The molecule has 0 atom stereocenters. The van der Waals surface area contributed by atoms with Gasteiger partial charge in [-0.2, -0.15) is 9.13 Å². The fraction of sp³-hybridized carbons (Fsp3) is 0.543. The van der Waals surface area contributed by atoms with Crippen molar-refractivity contribution in [3.63, 3.8) is 0 Å². The van der Waals surface area contributed by atoms with E-state index in [-0.39, 0.29) is 0 Å². The van der Waals surface area contributed by atoms with E-state index in [1.807, 2.05) is 0 Å². The highest BCUT2D eigenvalue weighted by Crippen LogP contribution is 2.58. The third kappa shape index (κ3) is 4.77. The van der Waals surface area contributed by atoms with E-state index in [0.29, 0.717) is 11.3 Å². The Balaban J connectivity index is 1.20. The van der Waals surface area contributed by atoms with Crippen LogP contribution >= 0.6 is 0 Å². The zero-order chi connectivity index (χ0) is 25.5. The topological polar surface area (TPSA) is 7.76 Å². The lowest BCUT2D eigenvalue weighted by atomic mass is 9.55. The van der Waals surface area contributed by atoms with Crippen LogP contribution in [0.1, 0.15) is 101 Å². The van der Waals surface area contributed by atoms with Gasteiger partial charge in [-0.1, -0.05) is 37.5 Å². The zero-order valence-corrected chi connectivity index (χ0v) is 23.4. The maximum atomic E-state index is 2.50. The molecule has 2 nitrogen and oxygen atoms in total. The van der Waals surface area contributed by atoms with Gasteiger partial charge in [0.25, 0.3) is 11.4 Å². The zero-order valence-electron chi connectivity index (χ0n) is 23.4. The molecule has 3 aliphatic rings. The SMILES string of the molecule is Cc1ccccc1-c1cccc(-c2cc(C3CCC4(CC3)CCC3(CCCCC3)CC4)cc[n+]2C)[n+]1C. The van der Waals surface area contributed by atoms with Gasteiger partial charge in [-0.05, 0) is 111 Å². The molecule has 2 aromatic heterocycles. The molecule has 3 aliphatic carbocycles. The molecule has 3 saturated carbocycles. The summed E-state index contributed by atoms with van der Waals surface area (Å²) < 4.78 is 4.68. The van der Waals surface area contributed by atoms with Crippen molar-refractivity contribution in [2.24, 2.45) is 24.9 Å². The van der Waals surface area contributed by atoms with E-state index in [9.17, 15) is 0 Å². The highest BCUT2D eigenvalue weighted by Gasteiger charge is 2.44. The first-order chi connectivity index (χ1) is 18.0. The van der Waals surface area contributed by atoms with Crippen LogP contribution in [0.15, 0.2) is 60.8 Å². The number of nitrogens with zero attached hydrogens (tertiary/aromatic N) is 2. The minimum atomic E-state index is 0.662. The standard InChI is InChI=1S/C35H46N2/c1-27-10-5-6-11-30(27)31-12-9-13-32(37(31)3)33-26-29(16-25-36(33)2)28-14-19-35(20-15-28)23-21-34(22-24-35)17-7-4-8-18-34/h5-6,9-13,16,25-26,28H,4,7-8,14-15,17-24H2,1-3H3/q+2. The average molecular weight is 495 g/mol. The minimum absolute atomic E-state index is 0.662. The van der Waals surface area contributed by atoms with E-state index in [2.05, 4.69) is 90.9 Å². The van der Waals surface area contributed by atoms with Crippen molar-refractivity contribution in [2.75, 3.05) is 0 Å². The molecule has 37 heavy (non-hydrogen) atoms. The molecular weight excluding hydrogens is 448 g/mol. The summed E-state index contributed by atoms with van der Waals surface area (Å²) in [4.78, 5) is 0. The second-order valence-corrected chi connectivity index (χ2v) is 13.0. The predicted octanol–water partition coefficient (Wildman–Crippen LogP) is 8.15. The van der Waals surface area contributed by atoms with Gasteiger partial charge in [0.15, 0.2) is 6.20 Å². The van der Waals surface area contributed by atoms with Gasteiger partial charge in [0.05, 0.1) is 0 Å². The molecule has 3 fully saturated rings. The van der Waals surface area contributed by atoms with Gasteiger partial charge >= 0.3 is 0 Å². The first-order valence-corrected chi connectivity index (χ1v) is 15.0. The maximum Gasteiger partial charge on any atom is 0.277 e. The number of pyridine rings is 2. The van der Waals surface area contributed by atoms with Gasteiger partial charge in [-0.25, -0.2) is 0 Å². The Bertz CT molecular complexity index is 1250. The molecule has 0 N–H and O–H groups in total. The van der Waals surface area contributed by atoms with Crippen LogP contribution in [0.25, 0.3) is 22.6 Å². The monoisotopic (exact) mass is 494 g/mol. The van der Waals surface area contributed by atoms with Crippen LogP contribution in [-0.2, 0) is 14.1 Å². The van der Waals surface area contributed by atoms with E-state index in [0.717, 1.165) is 5.41 Å². The third-order valence-corrected chi connectivity index (χ3v) is 10.9. The van der Waals surface area contributed by atoms with Crippen molar-refractivity contribution in [1.82, 2.24) is 0 Å². The van der Waals surface area contributed by atoms with Crippen LogP contribution in [-0.4, -0.2) is 0 Å². The molecule has 0 bridgehead atoms. The molecule has 2 heteroatoms. The molecule has 0 saturated heterocycles. The normalized spacial score (nSPS) is 21.4. The highest BCUT2D eigenvalue weighted by atomic mass is 15.0. The van der Waals surface area contributed by atoms with Gasteiger partial charge < -0.3 is 0 Å². The smallest absolute Gasteiger partial charge is 0.196 e. The van der Waals surface area contributed by atoms with Gasteiger partial charge in [0, 0.05) is 29.8 Å². The Kier molecular flexibility index (Phi) is 6.72. The van der Waals surface area contributed by atoms with E-state index >= 15 is 0 Å². The summed E-state index contributed by atoms with van der Waals surface area (Å²) in [6.45, 7) is 2.21. The molecule has 1 aromatic carbocycles. The second kappa shape index (κ2) is 10.0. The van der Waals surface area contributed by atoms with Gasteiger partial charge in [-0.3, -0.25) is 0 Å². The number of benzene rings is 1. The number of rotatable bonds is 3. The Morgan fingerprint density at radius 2 is 1.30 bits per heavy atom. The molecular formula is C35H46N2+2.